The van der Waals surface area contributed by atoms with Crippen LogP contribution < -0.4 is 0 Å². The Morgan fingerprint density at radius 2 is 1.81 bits per heavy atom. The highest BCUT2D eigenvalue weighted by Crippen LogP contribution is 2.04. The second-order valence-electron chi connectivity index (χ2n) is 4.05. The van der Waals surface area contributed by atoms with Crippen LogP contribution >= 0.6 is 0 Å². The minimum absolute atomic E-state index is 0.301. The van der Waals surface area contributed by atoms with E-state index in [1.165, 1.54) is 19.9 Å². The normalized spacial score (nSPS) is 12.4. The maximum atomic E-state index is 11.3. The second-order valence-corrected chi connectivity index (χ2v) is 4.05. The Hall–Kier alpha value is -1.67. The first-order chi connectivity index (χ1) is 7.50. The molecule has 0 radical (unpaired) electrons. The number of aliphatic hydroxyl groups is 1. The minimum Gasteiger partial charge on any atom is -0.382 e. The van der Waals surface area contributed by atoms with Crippen molar-refractivity contribution in [2.75, 3.05) is 0 Å². The molecule has 0 atom stereocenters. The summed E-state index contributed by atoms with van der Waals surface area (Å²) in [5.74, 6) is -0.301. The lowest BCUT2D eigenvalue weighted by Crippen LogP contribution is -2.29. The molecule has 2 nitrogen and oxygen atoms in total. The molecule has 0 fully saturated rings. The summed E-state index contributed by atoms with van der Waals surface area (Å²) >= 11 is 0. The van der Waals surface area contributed by atoms with Gasteiger partial charge >= 0.3 is 0 Å². The fourth-order valence-corrected chi connectivity index (χ4v) is 1.08. The first kappa shape index (κ1) is 12.4. The highest BCUT2D eigenvalue weighted by atomic mass is 16.3. The molecule has 16 heavy (non-hydrogen) atoms. The Morgan fingerprint density at radius 1 is 1.19 bits per heavy atom. The van der Waals surface area contributed by atoms with Crippen molar-refractivity contribution in [2.45, 2.75) is 19.4 Å². The zero-order valence-corrected chi connectivity index (χ0v) is 9.55. The number of carbonyl (C=O) groups excluding carboxylic acids is 1. The molecule has 0 heterocycles. The average molecular weight is 216 g/mol. The van der Waals surface area contributed by atoms with Crippen molar-refractivity contribution in [2.24, 2.45) is 0 Å². The van der Waals surface area contributed by atoms with Gasteiger partial charge in [0.15, 0.2) is 5.78 Å². The Labute approximate surface area is 95.9 Å². The summed E-state index contributed by atoms with van der Waals surface area (Å²) in [5.41, 5.74) is -0.222. The van der Waals surface area contributed by atoms with Crippen LogP contribution in [0.2, 0.25) is 0 Å². The van der Waals surface area contributed by atoms with Crippen LogP contribution in [0.4, 0.5) is 0 Å². The van der Waals surface area contributed by atoms with Gasteiger partial charge in [0.25, 0.3) is 0 Å². The molecule has 1 N–H and O–H groups in total. The van der Waals surface area contributed by atoms with Crippen LogP contribution in [0, 0.1) is 0 Å². The smallest absolute Gasteiger partial charge is 0.186 e. The summed E-state index contributed by atoms with van der Waals surface area (Å²) in [6.07, 6.45) is 6.68. The molecule has 2 heteroatoms. The SMILES string of the molecule is CC(C)(O)C(=O)C=CC=Cc1ccccc1. The largest absolute Gasteiger partial charge is 0.382 e. The molecule has 0 amide bonds. The molecule has 0 saturated heterocycles. The van der Waals surface area contributed by atoms with Gasteiger partial charge < -0.3 is 5.11 Å². The highest BCUT2D eigenvalue weighted by molar-refractivity contribution is 5.96. The highest BCUT2D eigenvalue weighted by Gasteiger charge is 2.19. The van der Waals surface area contributed by atoms with E-state index >= 15 is 0 Å². The third-order valence-electron chi connectivity index (χ3n) is 2.05. The van der Waals surface area contributed by atoms with Gasteiger partial charge in [0.05, 0.1) is 0 Å². The van der Waals surface area contributed by atoms with E-state index in [-0.39, 0.29) is 5.78 Å². The maximum Gasteiger partial charge on any atom is 0.186 e. The van der Waals surface area contributed by atoms with Crippen LogP contribution in [-0.2, 0) is 4.79 Å². The molecule has 0 aliphatic heterocycles. The number of carbonyl (C=O) groups is 1. The lowest BCUT2D eigenvalue weighted by atomic mass is 10.0. The number of hydrogen-bond donors (Lipinski definition) is 1. The summed E-state index contributed by atoms with van der Waals surface area (Å²) in [6.45, 7) is 2.95. The van der Waals surface area contributed by atoms with Gasteiger partial charge in [-0.05, 0) is 25.5 Å². The van der Waals surface area contributed by atoms with Crippen molar-refractivity contribution in [3.63, 3.8) is 0 Å². The van der Waals surface area contributed by atoms with Crippen molar-refractivity contribution in [3.05, 3.63) is 54.1 Å². The van der Waals surface area contributed by atoms with Crippen LogP contribution in [0.5, 0.6) is 0 Å². The van der Waals surface area contributed by atoms with E-state index in [0.29, 0.717) is 0 Å². The Bertz CT molecular complexity index is 394. The van der Waals surface area contributed by atoms with Gasteiger partial charge in [-0.2, -0.15) is 0 Å². The fraction of sp³-hybridized carbons (Fsp3) is 0.214. The summed E-state index contributed by atoms with van der Waals surface area (Å²) in [6, 6.07) is 9.80. The summed E-state index contributed by atoms with van der Waals surface area (Å²) in [4.78, 5) is 11.3. The zero-order chi connectivity index (χ0) is 12.0. The topological polar surface area (TPSA) is 37.3 Å². The monoisotopic (exact) mass is 216 g/mol. The predicted molar refractivity (Wildman–Crippen MR) is 65.9 cm³/mol. The first-order valence-electron chi connectivity index (χ1n) is 5.17. The van der Waals surface area contributed by atoms with E-state index in [1.54, 1.807) is 12.2 Å². The molecule has 0 bridgehead atoms. The molecule has 0 aliphatic rings. The van der Waals surface area contributed by atoms with Crippen LogP contribution in [-0.4, -0.2) is 16.5 Å². The predicted octanol–water partition coefficient (Wildman–Crippen LogP) is 2.60. The molecule has 1 aromatic carbocycles. The van der Waals surface area contributed by atoms with Gasteiger partial charge in [-0.1, -0.05) is 48.6 Å². The lowest BCUT2D eigenvalue weighted by Gasteiger charge is -2.11. The van der Waals surface area contributed by atoms with Crippen molar-refractivity contribution in [1.29, 1.82) is 0 Å². The van der Waals surface area contributed by atoms with Crippen molar-refractivity contribution >= 4 is 11.9 Å². The van der Waals surface area contributed by atoms with Crippen LogP contribution in [0.3, 0.4) is 0 Å². The quantitative estimate of drug-likeness (QED) is 0.620. The number of benzene rings is 1. The van der Waals surface area contributed by atoms with Crippen molar-refractivity contribution in [1.82, 2.24) is 0 Å². The van der Waals surface area contributed by atoms with E-state index < -0.39 is 5.60 Å². The Kier molecular flexibility index (Phi) is 4.20. The summed E-state index contributed by atoms with van der Waals surface area (Å²) in [5, 5.41) is 9.38. The number of allylic oxidation sites excluding steroid dienone is 2. The molecule has 0 unspecified atom stereocenters. The number of rotatable bonds is 4. The molecular weight excluding hydrogens is 200 g/mol. The van der Waals surface area contributed by atoms with E-state index in [2.05, 4.69) is 0 Å². The molecule has 1 aromatic rings. The van der Waals surface area contributed by atoms with E-state index in [1.807, 2.05) is 36.4 Å². The average Bonchev–Trinajstić information content (AvgIpc) is 2.24. The molecular formula is C14H16O2. The van der Waals surface area contributed by atoms with Gasteiger partial charge in [-0.3, -0.25) is 4.79 Å². The molecule has 0 aromatic heterocycles. The van der Waals surface area contributed by atoms with Crippen LogP contribution in [0.15, 0.2) is 48.6 Å². The van der Waals surface area contributed by atoms with Gasteiger partial charge in [0.1, 0.15) is 5.60 Å². The van der Waals surface area contributed by atoms with Gasteiger partial charge in [0, 0.05) is 0 Å². The third kappa shape index (κ3) is 4.24. The van der Waals surface area contributed by atoms with Gasteiger partial charge in [0.2, 0.25) is 0 Å². The Morgan fingerprint density at radius 3 is 2.38 bits per heavy atom. The standard InChI is InChI=1S/C14H16O2/c1-14(2,16)13(15)11-7-6-10-12-8-4-3-5-9-12/h3-11,16H,1-2H3. The first-order valence-corrected chi connectivity index (χ1v) is 5.17. The zero-order valence-electron chi connectivity index (χ0n) is 9.55. The van der Waals surface area contributed by atoms with E-state index in [4.69, 9.17) is 0 Å². The third-order valence-corrected chi connectivity index (χ3v) is 2.05. The van der Waals surface area contributed by atoms with Crippen LogP contribution in [0.25, 0.3) is 6.08 Å². The second kappa shape index (κ2) is 5.42. The summed E-state index contributed by atoms with van der Waals surface area (Å²) in [7, 11) is 0. The molecule has 1 rings (SSSR count). The van der Waals surface area contributed by atoms with Crippen LogP contribution in [0.1, 0.15) is 19.4 Å². The maximum absolute atomic E-state index is 11.3. The minimum atomic E-state index is -1.29. The molecule has 84 valence electrons. The molecule has 0 saturated carbocycles. The fourth-order valence-electron chi connectivity index (χ4n) is 1.08. The molecule has 0 spiro atoms. The van der Waals surface area contributed by atoms with Gasteiger partial charge in [-0.15, -0.1) is 0 Å². The molecule has 0 aliphatic carbocycles. The van der Waals surface area contributed by atoms with E-state index in [9.17, 15) is 9.90 Å². The Balaban J connectivity index is 2.56. The van der Waals surface area contributed by atoms with Crippen molar-refractivity contribution < 1.29 is 9.90 Å². The lowest BCUT2D eigenvalue weighted by molar-refractivity contribution is -0.128. The van der Waals surface area contributed by atoms with E-state index in [0.717, 1.165) is 5.56 Å². The number of hydrogen-bond acceptors (Lipinski definition) is 2. The van der Waals surface area contributed by atoms with Crippen molar-refractivity contribution in [3.8, 4) is 0 Å². The number of ketones is 1. The van der Waals surface area contributed by atoms with Gasteiger partial charge in [-0.25, -0.2) is 0 Å². The summed E-state index contributed by atoms with van der Waals surface area (Å²) < 4.78 is 0.